The highest BCUT2D eigenvalue weighted by atomic mass is 32.2. The van der Waals surface area contributed by atoms with Gasteiger partial charge in [0.05, 0.1) is 5.75 Å². The van der Waals surface area contributed by atoms with Crippen molar-refractivity contribution in [3.05, 3.63) is 24.3 Å². The molecule has 0 spiro atoms. The maximum absolute atomic E-state index is 11.7. The molecule has 0 aliphatic carbocycles. The Morgan fingerprint density at radius 2 is 2.21 bits per heavy atom. The van der Waals surface area contributed by atoms with Crippen molar-refractivity contribution < 1.29 is 13.5 Å². The Morgan fingerprint density at radius 3 is 2.84 bits per heavy atom. The van der Waals surface area contributed by atoms with E-state index < -0.39 is 10.0 Å². The molecule has 7 heteroatoms. The van der Waals surface area contributed by atoms with Crippen molar-refractivity contribution >= 4 is 27.5 Å². The zero-order chi connectivity index (χ0) is 14.3. The van der Waals surface area contributed by atoms with Gasteiger partial charge in [0.1, 0.15) is 0 Å². The quantitative estimate of drug-likeness (QED) is 0.493. The number of hydrogen-bond donors (Lipinski definition) is 3. The van der Waals surface area contributed by atoms with Gasteiger partial charge in [-0.05, 0) is 31.5 Å². The van der Waals surface area contributed by atoms with Crippen molar-refractivity contribution in [1.82, 2.24) is 4.72 Å². The Kier molecular flexibility index (Phi) is 6.64. The van der Waals surface area contributed by atoms with Crippen LogP contribution in [0.4, 0.5) is 5.69 Å². The van der Waals surface area contributed by atoms with Crippen LogP contribution in [0.5, 0.6) is 0 Å². The average Bonchev–Trinajstić information content (AvgIpc) is 2.28. The highest BCUT2D eigenvalue weighted by Gasteiger charge is 2.13. The van der Waals surface area contributed by atoms with Gasteiger partial charge in [0.25, 0.3) is 0 Å². The smallest absolute Gasteiger partial charge is 0.212 e. The number of thioether (sulfide) groups is 1. The second-order valence-electron chi connectivity index (χ2n) is 4.27. The third-order valence-corrected chi connectivity index (χ3v) is 5.18. The molecule has 1 aromatic rings. The van der Waals surface area contributed by atoms with Gasteiger partial charge in [-0.2, -0.15) is 0 Å². The monoisotopic (exact) mass is 304 g/mol. The van der Waals surface area contributed by atoms with E-state index in [1.807, 2.05) is 18.2 Å². The van der Waals surface area contributed by atoms with Crippen molar-refractivity contribution in [3.8, 4) is 0 Å². The highest BCUT2D eigenvalue weighted by molar-refractivity contribution is 8.00. The molecular formula is C12H20N2O3S2. The zero-order valence-corrected chi connectivity index (χ0v) is 12.5. The lowest BCUT2D eigenvalue weighted by Crippen LogP contribution is -2.35. The summed E-state index contributed by atoms with van der Waals surface area (Å²) in [5, 5.41) is 8.73. The van der Waals surface area contributed by atoms with Gasteiger partial charge >= 0.3 is 0 Å². The fourth-order valence-electron chi connectivity index (χ4n) is 1.49. The van der Waals surface area contributed by atoms with Crippen LogP contribution in [0.1, 0.15) is 13.3 Å². The van der Waals surface area contributed by atoms with Gasteiger partial charge in [-0.15, -0.1) is 11.8 Å². The predicted molar refractivity (Wildman–Crippen MR) is 79.7 cm³/mol. The lowest BCUT2D eigenvalue weighted by atomic mass is 10.3. The predicted octanol–water partition coefficient (Wildman–Crippen LogP) is 1.05. The minimum Gasteiger partial charge on any atom is -0.399 e. The second-order valence-corrected chi connectivity index (χ2v) is 7.31. The van der Waals surface area contributed by atoms with Gasteiger partial charge < -0.3 is 10.8 Å². The minimum absolute atomic E-state index is 0.0261. The molecule has 4 N–H and O–H groups in total. The summed E-state index contributed by atoms with van der Waals surface area (Å²) in [6.07, 6.45) is 0.418. The Bertz CT molecular complexity index is 492. The summed E-state index contributed by atoms with van der Waals surface area (Å²) in [6, 6.07) is 7.11. The van der Waals surface area contributed by atoms with Gasteiger partial charge in [-0.3, -0.25) is 0 Å². The van der Waals surface area contributed by atoms with Crippen LogP contribution in [0.3, 0.4) is 0 Å². The molecule has 0 saturated carbocycles. The van der Waals surface area contributed by atoms with E-state index in [2.05, 4.69) is 4.72 Å². The number of nitrogens with one attached hydrogen (secondary N) is 1. The van der Waals surface area contributed by atoms with Crippen LogP contribution in [0, 0.1) is 0 Å². The SMILES string of the molecule is CC(CCO)NS(=O)(=O)CCSc1cccc(N)c1. The third kappa shape index (κ3) is 6.81. The van der Waals surface area contributed by atoms with Crippen molar-refractivity contribution in [3.63, 3.8) is 0 Å². The summed E-state index contributed by atoms with van der Waals surface area (Å²) < 4.78 is 26.0. The first-order valence-corrected chi connectivity index (χ1v) is 8.66. The summed E-state index contributed by atoms with van der Waals surface area (Å²) in [6.45, 7) is 1.71. The maximum atomic E-state index is 11.7. The maximum Gasteiger partial charge on any atom is 0.212 e. The van der Waals surface area contributed by atoms with Crippen molar-refractivity contribution in [2.45, 2.75) is 24.3 Å². The Balaban J connectivity index is 2.39. The molecule has 0 saturated heterocycles. The van der Waals surface area contributed by atoms with E-state index in [1.54, 1.807) is 13.0 Å². The summed E-state index contributed by atoms with van der Waals surface area (Å²) >= 11 is 1.45. The molecule has 0 heterocycles. The molecule has 0 radical (unpaired) electrons. The summed E-state index contributed by atoms with van der Waals surface area (Å²) in [4.78, 5) is 0.957. The van der Waals surface area contributed by atoms with Crippen LogP contribution in [0.2, 0.25) is 0 Å². The molecule has 108 valence electrons. The normalized spacial score (nSPS) is 13.4. The number of nitrogens with two attached hydrogens (primary N) is 1. The molecule has 1 atom stereocenters. The molecule has 1 aromatic carbocycles. The molecule has 0 aromatic heterocycles. The Morgan fingerprint density at radius 1 is 1.47 bits per heavy atom. The van der Waals surface area contributed by atoms with E-state index in [1.165, 1.54) is 11.8 Å². The lowest BCUT2D eigenvalue weighted by molar-refractivity contribution is 0.275. The van der Waals surface area contributed by atoms with Gasteiger partial charge in [-0.25, -0.2) is 13.1 Å². The van der Waals surface area contributed by atoms with E-state index in [9.17, 15) is 8.42 Å². The molecular weight excluding hydrogens is 284 g/mol. The van der Waals surface area contributed by atoms with Gasteiger partial charge in [-0.1, -0.05) is 6.07 Å². The van der Waals surface area contributed by atoms with Crippen LogP contribution in [0.15, 0.2) is 29.2 Å². The molecule has 5 nitrogen and oxygen atoms in total. The molecule has 0 aliphatic rings. The van der Waals surface area contributed by atoms with Crippen LogP contribution >= 0.6 is 11.8 Å². The molecule has 0 amide bonds. The molecule has 1 rings (SSSR count). The first-order valence-electron chi connectivity index (χ1n) is 6.02. The van der Waals surface area contributed by atoms with Crippen LogP contribution < -0.4 is 10.5 Å². The Hall–Kier alpha value is -0.760. The van der Waals surface area contributed by atoms with Gasteiger partial charge in [0.2, 0.25) is 10.0 Å². The average molecular weight is 304 g/mol. The standard InChI is InChI=1S/C12H20N2O3S2/c1-10(5-6-15)14-19(16,17)8-7-18-12-4-2-3-11(13)9-12/h2-4,9-10,14-15H,5-8,13H2,1H3. The highest BCUT2D eigenvalue weighted by Crippen LogP contribution is 2.20. The number of aliphatic hydroxyl groups is 1. The van der Waals surface area contributed by atoms with E-state index in [0.717, 1.165) is 4.90 Å². The number of rotatable bonds is 8. The fraction of sp³-hybridized carbons (Fsp3) is 0.500. The first-order chi connectivity index (χ1) is 8.93. The zero-order valence-electron chi connectivity index (χ0n) is 10.9. The Labute approximate surface area is 118 Å². The lowest BCUT2D eigenvalue weighted by Gasteiger charge is -2.12. The number of nitrogen functional groups attached to an aromatic ring is 1. The van der Waals surface area contributed by atoms with Crippen LogP contribution in [-0.2, 0) is 10.0 Å². The van der Waals surface area contributed by atoms with Crippen molar-refractivity contribution in [1.29, 1.82) is 0 Å². The second kappa shape index (κ2) is 7.74. The van der Waals surface area contributed by atoms with Crippen LogP contribution in [-0.4, -0.2) is 37.7 Å². The first kappa shape index (κ1) is 16.3. The van der Waals surface area contributed by atoms with E-state index in [0.29, 0.717) is 17.9 Å². The summed E-state index contributed by atoms with van der Waals surface area (Å²) in [5.41, 5.74) is 6.32. The van der Waals surface area contributed by atoms with Crippen molar-refractivity contribution in [2.24, 2.45) is 0 Å². The van der Waals surface area contributed by atoms with Crippen molar-refractivity contribution in [2.75, 3.05) is 23.8 Å². The van der Waals surface area contributed by atoms with Gasteiger partial charge in [0.15, 0.2) is 0 Å². The topological polar surface area (TPSA) is 92.4 Å². The largest absolute Gasteiger partial charge is 0.399 e. The molecule has 1 unspecified atom stereocenters. The van der Waals surface area contributed by atoms with E-state index >= 15 is 0 Å². The fourth-order valence-corrected chi connectivity index (χ4v) is 4.18. The summed E-state index contributed by atoms with van der Waals surface area (Å²) in [7, 11) is -3.30. The van der Waals surface area contributed by atoms with Crippen LogP contribution in [0.25, 0.3) is 0 Å². The number of benzene rings is 1. The number of anilines is 1. The van der Waals surface area contributed by atoms with Gasteiger partial charge in [0, 0.05) is 29.0 Å². The number of hydrogen-bond acceptors (Lipinski definition) is 5. The number of aliphatic hydroxyl groups excluding tert-OH is 1. The third-order valence-electron chi connectivity index (χ3n) is 2.42. The minimum atomic E-state index is -3.30. The molecule has 19 heavy (non-hydrogen) atoms. The molecule has 0 bridgehead atoms. The summed E-state index contributed by atoms with van der Waals surface area (Å²) in [5.74, 6) is 0.507. The molecule has 0 aliphatic heterocycles. The van der Waals surface area contributed by atoms with E-state index in [4.69, 9.17) is 10.8 Å². The van der Waals surface area contributed by atoms with E-state index in [-0.39, 0.29) is 18.4 Å². The number of sulfonamides is 1. The molecule has 0 fully saturated rings.